The lowest BCUT2D eigenvalue weighted by atomic mass is 10.1. The summed E-state index contributed by atoms with van der Waals surface area (Å²) in [5.41, 5.74) is 3.54. The van der Waals surface area contributed by atoms with Crippen molar-refractivity contribution >= 4 is 39.4 Å². The van der Waals surface area contributed by atoms with E-state index in [2.05, 4.69) is 40.9 Å². The molecule has 0 aliphatic carbocycles. The van der Waals surface area contributed by atoms with E-state index in [0.717, 1.165) is 12.1 Å². The van der Waals surface area contributed by atoms with Gasteiger partial charge in [-0.1, -0.05) is 0 Å². The highest BCUT2D eigenvalue weighted by Crippen LogP contribution is 2.28. The maximum Gasteiger partial charge on any atom is 0.245 e. The highest BCUT2D eigenvalue weighted by Gasteiger charge is 2.18. The summed E-state index contributed by atoms with van der Waals surface area (Å²) in [5, 5.41) is 4.36. The topological polar surface area (TPSA) is 34.0 Å². The van der Waals surface area contributed by atoms with E-state index in [1.807, 2.05) is 12.3 Å². The minimum atomic E-state index is 0.120. The zero-order valence-corrected chi connectivity index (χ0v) is 11.0. The first-order valence-electron chi connectivity index (χ1n) is 5.21. The number of hydrogen-bond donors (Lipinski definition) is 1. The standard InChI is InChI=1S/C12H11IN2O/c1-7-9-2-3-15-11(16)6-14-5-8(12(9)15)4-10(7)13/h2-4,14H,5-6H2,1H3. The fourth-order valence-electron chi connectivity index (χ4n) is 2.25. The van der Waals surface area contributed by atoms with Crippen LogP contribution in [0.1, 0.15) is 15.9 Å². The van der Waals surface area contributed by atoms with Gasteiger partial charge in [0, 0.05) is 21.7 Å². The molecule has 0 saturated carbocycles. The zero-order valence-electron chi connectivity index (χ0n) is 8.88. The third kappa shape index (κ3) is 1.33. The van der Waals surface area contributed by atoms with Crippen LogP contribution in [0.5, 0.6) is 0 Å². The van der Waals surface area contributed by atoms with Crippen molar-refractivity contribution in [3.63, 3.8) is 0 Å². The van der Waals surface area contributed by atoms with Gasteiger partial charge in [0.05, 0.1) is 12.1 Å². The summed E-state index contributed by atoms with van der Waals surface area (Å²) in [5.74, 6) is 0.120. The summed E-state index contributed by atoms with van der Waals surface area (Å²) in [6, 6.07) is 4.21. The van der Waals surface area contributed by atoms with Crippen molar-refractivity contribution in [3.8, 4) is 0 Å². The molecule has 1 aromatic heterocycles. The predicted molar refractivity (Wildman–Crippen MR) is 71.7 cm³/mol. The molecule has 4 heteroatoms. The molecule has 16 heavy (non-hydrogen) atoms. The van der Waals surface area contributed by atoms with Gasteiger partial charge in [0.25, 0.3) is 0 Å². The Labute approximate surface area is 107 Å². The molecule has 0 radical (unpaired) electrons. The molecule has 0 spiro atoms. The second-order valence-corrected chi connectivity index (χ2v) is 5.25. The number of aromatic nitrogens is 1. The number of rotatable bonds is 0. The Hall–Kier alpha value is -0.880. The van der Waals surface area contributed by atoms with Crippen LogP contribution in [0.4, 0.5) is 0 Å². The molecule has 0 atom stereocenters. The average molecular weight is 326 g/mol. The van der Waals surface area contributed by atoms with Crippen LogP contribution in [0.25, 0.3) is 10.9 Å². The van der Waals surface area contributed by atoms with Crippen LogP contribution >= 0.6 is 22.6 Å². The molecule has 1 aliphatic heterocycles. The maximum atomic E-state index is 11.8. The first-order valence-corrected chi connectivity index (χ1v) is 6.29. The number of carbonyl (C=O) groups is 1. The monoisotopic (exact) mass is 326 g/mol. The Morgan fingerprint density at radius 2 is 2.25 bits per heavy atom. The first kappa shape index (κ1) is 10.3. The van der Waals surface area contributed by atoms with Gasteiger partial charge in [-0.25, -0.2) is 0 Å². The van der Waals surface area contributed by atoms with Crippen molar-refractivity contribution in [3.05, 3.63) is 33.0 Å². The third-order valence-electron chi connectivity index (χ3n) is 3.11. The SMILES string of the molecule is Cc1c(I)cc2c3c1ccn3C(=O)CNC2. The van der Waals surface area contributed by atoms with E-state index < -0.39 is 0 Å². The number of hydrogen-bond acceptors (Lipinski definition) is 2. The fourth-order valence-corrected chi connectivity index (χ4v) is 2.92. The summed E-state index contributed by atoms with van der Waals surface area (Å²) < 4.78 is 3.03. The second kappa shape index (κ2) is 3.56. The van der Waals surface area contributed by atoms with Gasteiger partial charge in [-0.2, -0.15) is 0 Å². The normalized spacial score (nSPS) is 15.5. The Bertz CT molecular complexity index is 601. The minimum Gasteiger partial charge on any atom is -0.304 e. The largest absolute Gasteiger partial charge is 0.304 e. The van der Waals surface area contributed by atoms with Crippen molar-refractivity contribution < 1.29 is 4.79 Å². The molecule has 3 rings (SSSR count). The third-order valence-corrected chi connectivity index (χ3v) is 4.23. The van der Waals surface area contributed by atoms with Crippen molar-refractivity contribution in [2.24, 2.45) is 0 Å². The Kier molecular flexibility index (Phi) is 2.29. The molecule has 0 bridgehead atoms. The molecule has 1 aromatic carbocycles. The molecule has 2 heterocycles. The van der Waals surface area contributed by atoms with E-state index in [0.29, 0.717) is 6.54 Å². The summed E-state index contributed by atoms with van der Waals surface area (Å²) in [6.45, 7) is 3.28. The lowest BCUT2D eigenvalue weighted by Gasteiger charge is -2.07. The molecule has 1 N–H and O–H groups in total. The molecule has 0 saturated heterocycles. The van der Waals surface area contributed by atoms with E-state index in [1.165, 1.54) is 20.1 Å². The number of nitrogens with one attached hydrogen (secondary N) is 1. The maximum absolute atomic E-state index is 11.8. The zero-order chi connectivity index (χ0) is 11.3. The van der Waals surface area contributed by atoms with Gasteiger partial charge in [0.2, 0.25) is 5.91 Å². The molecular formula is C12H11IN2O. The second-order valence-electron chi connectivity index (χ2n) is 4.09. The summed E-state index contributed by atoms with van der Waals surface area (Å²) >= 11 is 2.35. The minimum absolute atomic E-state index is 0.120. The van der Waals surface area contributed by atoms with Gasteiger partial charge >= 0.3 is 0 Å². The van der Waals surface area contributed by atoms with Crippen molar-refractivity contribution in [2.75, 3.05) is 6.54 Å². The van der Waals surface area contributed by atoms with Crippen LogP contribution in [0.15, 0.2) is 18.3 Å². The lowest BCUT2D eigenvalue weighted by molar-refractivity contribution is 0.0920. The Morgan fingerprint density at radius 3 is 3.06 bits per heavy atom. The molecule has 0 amide bonds. The van der Waals surface area contributed by atoms with E-state index in [9.17, 15) is 4.79 Å². The van der Waals surface area contributed by atoms with Crippen LogP contribution < -0.4 is 5.32 Å². The van der Waals surface area contributed by atoms with Gasteiger partial charge in [-0.15, -0.1) is 0 Å². The van der Waals surface area contributed by atoms with Crippen LogP contribution in [0.3, 0.4) is 0 Å². The molecule has 0 unspecified atom stereocenters. The van der Waals surface area contributed by atoms with Gasteiger partial charge in [-0.3, -0.25) is 9.36 Å². The van der Waals surface area contributed by atoms with E-state index in [-0.39, 0.29) is 5.91 Å². The molecule has 2 aromatic rings. The van der Waals surface area contributed by atoms with E-state index in [1.54, 1.807) is 4.57 Å². The number of halogens is 1. The fraction of sp³-hybridized carbons (Fsp3) is 0.250. The van der Waals surface area contributed by atoms with E-state index in [4.69, 9.17) is 0 Å². The van der Waals surface area contributed by atoms with Gasteiger partial charge in [-0.05, 0) is 52.8 Å². The molecule has 3 nitrogen and oxygen atoms in total. The average Bonchev–Trinajstić information content (AvgIpc) is 2.63. The molecular weight excluding hydrogens is 315 g/mol. The van der Waals surface area contributed by atoms with Crippen molar-refractivity contribution in [1.29, 1.82) is 0 Å². The summed E-state index contributed by atoms with van der Waals surface area (Å²) in [7, 11) is 0. The van der Waals surface area contributed by atoms with Crippen molar-refractivity contribution in [2.45, 2.75) is 13.5 Å². The van der Waals surface area contributed by atoms with Crippen LogP contribution in [0.2, 0.25) is 0 Å². The van der Waals surface area contributed by atoms with Gasteiger partial charge in [0.15, 0.2) is 0 Å². The number of aryl methyl sites for hydroxylation is 1. The van der Waals surface area contributed by atoms with E-state index >= 15 is 0 Å². The first-order chi connectivity index (χ1) is 7.68. The molecule has 1 aliphatic rings. The highest BCUT2D eigenvalue weighted by atomic mass is 127. The highest BCUT2D eigenvalue weighted by molar-refractivity contribution is 14.1. The van der Waals surface area contributed by atoms with Crippen molar-refractivity contribution in [1.82, 2.24) is 9.88 Å². The van der Waals surface area contributed by atoms with Crippen LogP contribution in [-0.2, 0) is 6.54 Å². The Morgan fingerprint density at radius 1 is 1.44 bits per heavy atom. The van der Waals surface area contributed by atoms with Crippen LogP contribution in [-0.4, -0.2) is 17.0 Å². The molecule has 82 valence electrons. The van der Waals surface area contributed by atoms with Gasteiger partial charge < -0.3 is 5.32 Å². The number of nitrogens with zero attached hydrogens (tertiary/aromatic N) is 1. The summed E-state index contributed by atoms with van der Waals surface area (Å²) in [6.07, 6.45) is 1.88. The molecule has 0 fully saturated rings. The van der Waals surface area contributed by atoms with Gasteiger partial charge in [0.1, 0.15) is 0 Å². The predicted octanol–water partition coefficient (Wildman–Crippen LogP) is 2.30. The number of benzene rings is 1. The summed E-state index contributed by atoms with van der Waals surface area (Å²) in [4.78, 5) is 11.8. The quantitative estimate of drug-likeness (QED) is 0.754. The van der Waals surface area contributed by atoms with Crippen LogP contribution in [0, 0.1) is 10.5 Å². The lowest BCUT2D eigenvalue weighted by Crippen LogP contribution is -2.23. The number of carbonyl (C=O) groups excluding carboxylic acids is 1. The smallest absolute Gasteiger partial charge is 0.245 e. The Balaban J connectivity index is 2.47.